The van der Waals surface area contributed by atoms with Crippen LogP contribution in [-0.4, -0.2) is 35.4 Å². The number of nitrogens with two attached hydrogens (primary N) is 1. The summed E-state index contributed by atoms with van der Waals surface area (Å²) in [7, 11) is 1.89. The van der Waals surface area contributed by atoms with Crippen molar-refractivity contribution in [3.05, 3.63) is 16.1 Å². The van der Waals surface area contributed by atoms with E-state index in [1.165, 1.54) is 24.2 Å². The fraction of sp³-hybridized carbons (Fsp3) is 0.667. The van der Waals surface area contributed by atoms with Gasteiger partial charge in [-0.2, -0.15) is 0 Å². The summed E-state index contributed by atoms with van der Waals surface area (Å²) >= 11 is 1.52. The lowest BCUT2D eigenvalue weighted by molar-refractivity contribution is 0.0730. The molecule has 0 atom stereocenters. The normalized spacial score (nSPS) is 15.4. The molecule has 1 aliphatic carbocycles. The molecule has 0 radical (unpaired) electrons. The minimum atomic E-state index is 0. The second-order valence-electron chi connectivity index (χ2n) is 4.52. The molecule has 1 heterocycles. The zero-order valence-electron chi connectivity index (χ0n) is 10.6. The lowest BCUT2D eigenvalue weighted by Crippen LogP contribution is -2.35. The zero-order chi connectivity index (χ0) is 12.3. The van der Waals surface area contributed by atoms with Crippen molar-refractivity contribution in [3.63, 3.8) is 0 Å². The van der Waals surface area contributed by atoms with Crippen molar-refractivity contribution >= 4 is 29.7 Å². The van der Waals surface area contributed by atoms with Gasteiger partial charge in [-0.05, 0) is 19.4 Å². The van der Waals surface area contributed by atoms with E-state index in [9.17, 15) is 4.79 Å². The molecule has 0 saturated heterocycles. The van der Waals surface area contributed by atoms with Crippen molar-refractivity contribution < 1.29 is 4.79 Å². The second kappa shape index (κ2) is 7.07. The molecule has 1 aliphatic rings. The maximum Gasteiger partial charge on any atom is 0.273 e. The topological polar surface area (TPSA) is 59.2 Å². The molecule has 1 fully saturated rings. The first-order valence-corrected chi connectivity index (χ1v) is 7.02. The fourth-order valence-electron chi connectivity index (χ4n) is 2.29. The third-order valence-corrected chi connectivity index (χ3v) is 4.23. The number of carbonyl (C=O) groups excluding carboxylic acids is 1. The Balaban J connectivity index is 0.00000162. The average Bonchev–Trinajstić information content (AvgIpc) is 2.98. The molecule has 0 unspecified atom stereocenters. The van der Waals surface area contributed by atoms with Crippen LogP contribution in [0, 0.1) is 0 Å². The van der Waals surface area contributed by atoms with E-state index < -0.39 is 0 Å². The van der Waals surface area contributed by atoms with Crippen LogP contribution >= 0.6 is 23.7 Å². The van der Waals surface area contributed by atoms with E-state index in [4.69, 9.17) is 5.73 Å². The molecule has 0 aromatic carbocycles. The Hall–Kier alpha value is -0.650. The van der Waals surface area contributed by atoms with Crippen LogP contribution in [-0.2, 0) is 6.42 Å². The van der Waals surface area contributed by atoms with Crippen LogP contribution in [0.3, 0.4) is 0 Å². The minimum Gasteiger partial charge on any atom is -0.337 e. The Labute approximate surface area is 118 Å². The Morgan fingerprint density at radius 3 is 2.83 bits per heavy atom. The number of carbonyl (C=O) groups is 1. The number of hydrogen-bond donors (Lipinski definition) is 1. The Kier molecular flexibility index (Phi) is 6.05. The maximum absolute atomic E-state index is 12.2. The van der Waals surface area contributed by atoms with Crippen LogP contribution in [0.5, 0.6) is 0 Å². The van der Waals surface area contributed by atoms with Crippen molar-refractivity contribution in [2.45, 2.75) is 38.1 Å². The van der Waals surface area contributed by atoms with Gasteiger partial charge in [-0.3, -0.25) is 4.79 Å². The first-order valence-electron chi connectivity index (χ1n) is 6.14. The third kappa shape index (κ3) is 3.43. The van der Waals surface area contributed by atoms with Gasteiger partial charge in [0.2, 0.25) is 0 Å². The Morgan fingerprint density at radius 1 is 1.56 bits per heavy atom. The Morgan fingerprint density at radius 2 is 2.22 bits per heavy atom. The van der Waals surface area contributed by atoms with Crippen molar-refractivity contribution in [2.24, 2.45) is 5.73 Å². The largest absolute Gasteiger partial charge is 0.337 e. The minimum absolute atomic E-state index is 0. The molecular weight excluding hydrogens is 270 g/mol. The maximum atomic E-state index is 12.2. The van der Waals surface area contributed by atoms with Gasteiger partial charge in [0.15, 0.2) is 0 Å². The number of thiazole rings is 1. The number of hydrogen-bond acceptors (Lipinski definition) is 4. The molecule has 1 saturated carbocycles. The first-order chi connectivity index (χ1) is 8.22. The van der Waals surface area contributed by atoms with Crippen LogP contribution in [0.15, 0.2) is 5.38 Å². The van der Waals surface area contributed by atoms with Gasteiger partial charge in [0.1, 0.15) is 5.69 Å². The molecule has 6 heteroatoms. The van der Waals surface area contributed by atoms with Crippen LogP contribution < -0.4 is 5.73 Å². The predicted octanol–water partition coefficient (Wildman–Crippen LogP) is 2.08. The average molecular weight is 290 g/mol. The highest BCUT2D eigenvalue weighted by molar-refractivity contribution is 7.09. The van der Waals surface area contributed by atoms with Crippen LogP contribution in [0.2, 0.25) is 0 Å². The molecule has 0 aliphatic heterocycles. The van der Waals surface area contributed by atoms with Gasteiger partial charge in [-0.15, -0.1) is 23.7 Å². The molecule has 1 aromatic rings. The summed E-state index contributed by atoms with van der Waals surface area (Å²) in [5.41, 5.74) is 6.05. The van der Waals surface area contributed by atoms with E-state index in [0.29, 0.717) is 18.3 Å². The van der Waals surface area contributed by atoms with Crippen LogP contribution in [0.1, 0.15) is 41.2 Å². The van der Waals surface area contributed by atoms with E-state index >= 15 is 0 Å². The van der Waals surface area contributed by atoms with E-state index in [1.807, 2.05) is 17.3 Å². The van der Waals surface area contributed by atoms with Crippen molar-refractivity contribution in [1.82, 2.24) is 9.88 Å². The lowest BCUT2D eigenvalue weighted by Gasteiger charge is -2.23. The monoisotopic (exact) mass is 289 g/mol. The van der Waals surface area contributed by atoms with Gasteiger partial charge < -0.3 is 10.6 Å². The molecule has 0 bridgehead atoms. The summed E-state index contributed by atoms with van der Waals surface area (Å²) in [6.45, 7) is 0.583. The smallest absolute Gasteiger partial charge is 0.273 e. The fourth-order valence-corrected chi connectivity index (χ4v) is 3.07. The Bertz CT molecular complexity index is 390. The zero-order valence-corrected chi connectivity index (χ0v) is 12.2. The van der Waals surface area contributed by atoms with E-state index in [1.54, 1.807) is 0 Å². The van der Waals surface area contributed by atoms with Crippen molar-refractivity contribution in [3.8, 4) is 0 Å². The molecule has 4 nitrogen and oxygen atoms in total. The van der Waals surface area contributed by atoms with Gasteiger partial charge >= 0.3 is 0 Å². The van der Waals surface area contributed by atoms with E-state index in [-0.39, 0.29) is 18.3 Å². The van der Waals surface area contributed by atoms with Gasteiger partial charge in [-0.25, -0.2) is 4.98 Å². The van der Waals surface area contributed by atoms with Crippen molar-refractivity contribution in [1.29, 1.82) is 0 Å². The molecule has 1 aromatic heterocycles. The lowest BCUT2D eigenvalue weighted by atomic mass is 10.2. The molecule has 2 N–H and O–H groups in total. The SMILES string of the molecule is CN(C(=O)c1csc(CCN)n1)C1CCCC1.Cl. The highest BCUT2D eigenvalue weighted by Gasteiger charge is 2.25. The van der Waals surface area contributed by atoms with Gasteiger partial charge in [0, 0.05) is 24.9 Å². The third-order valence-electron chi connectivity index (χ3n) is 3.32. The predicted molar refractivity (Wildman–Crippen MR) is 76.5 cm³/mol. The molecular formula is C12H20ClN3OS. The first kappa shape index (κ1) is 15.4. The molecule has 18 heavy (non-hydrogen) atoms. The highest BCUT2D eigenvalue weighted by atomic mass is 35.5. The van der Waals surface area contributed by atoms with E-state index in [2.05, 4.69) is 4.98 Å². The molecule has 0 spiro atoms. The summed E-state index contributed by atoms with van der Waals surface area (Å²) in [6, 6.07) is 0.405. The summed E-state index contributed by atoms with van der Waals surface area (Å²) in [5.74, 6) is 0.0522. The standard InChI is InChI=1S/C12H19N3OS.ClH/c1-15(9-4-2-3-5-9)12(16)10-8-17-11(14-10)6-7-13;/h8-9H,2-7,13H2,1H3;1H. The van der Waals surface area contributed by atoms with Gasteiger partial charge in [-0.1, -0.05) is 12.8 Å². The van der Waals surface area contributed by atoms with Gasteiger partial charge in [0.05, 0.1) is 5.01 Å². The summed E-state index contributed by atoms with van der Waals surface area (Å²) in [5, 5.41) is 2.80. The number of nitrogens with zero attached hydrogens (tertiary/aromatic N) is 2. The summed E-state index contributed by atoms with van der Waals surface area (Å²) in [6.07, 6.45) is 5.48. The van der Waals surface area contributed by atoms with Crippen LogP contribution in [0.25, 0.3) is 0 Å². The number of rotatable bonds is 4. The summed E-state index contributed by atoms with van der Waals surface area (Å²) < 4.78 is 0. The van der Waals surface area contributed by atoms with Gasteiger partial charge in [0.25, 0.3) is 5.91 Å². The molecule has 2 rings (SSSR count). The quantitative estimate of drug-likeness (QED) is 0.923. The summed E-state index contributed by atoms with van der Waals surface area (Å²) in [4.78, 5) is 18.4. The number of amides is 1. The van der Waals surface area contributed by atoms with E-state index in [0.717, 1.165) is 24.3 Å². The molecule has 1 amide bonds. The highest BCUT2D eigenvalue weighted by Crippen LogP contribution is 2.24. The van der Waals surface area contributed by atoms with Crippen LogP contribution in [0.4, 0.5) is 0 Å². The van der Waals surface area contributed by atoms with Crippen molar-refractivity contribution in [2.75, 3.05) is 13.6 Å². The number of halogens is 1. The second-order valence-corrected chi connectivity index (χ2v) is 5.46. The number of aromatic nitrogens is 1. The molecule has 102 valence electrons.